The quantitative estimate of drug-likeness (QED) is 0.0993. The van der Waals surface area contributed by atoms with Crippen molar-refractivity contribution in [2.45, 2.75) is 24.9 Å². The Bertz CT molecular complexity index is 617. The zero-order valence-corrected chi connectivity index (χ0v) is 27.6. The molecule has 0 spiro atoms. The van der Waals surface area contributed by atoms with Crippen molar-refractivity contribution in [3.05, 3.63) is 0 Å². The zero-order valence-electron chi connectivity index (χ0n) is 19.8. The van der Waals surface area contributed by atoms with Gasteiger partial charge < -0.3 is 55.6 Å². The van der Waals surface area contributed by atoms with Crippen LogP contribution in [0, 0.1) is 0 Å². The van der Waals surface area contributed by atoms with Crippen LogP contribution in [-0.2, 0) is 49.3 Å². The molecule has 0 saturated carbocycles. The van der Waals surface area contributed by atoms with Crippen LogP contribution >= 0.6 is 15.2 Å². The summed E-state index contributed by atoms with van der Waals surface area (Å²) in [5, 5.41) is 0. The van der Waals surface area contributed by atoms with Gasteiger partial charge in [-0.25, -0.2) is 0 Å². The minimum Gasteiger partial charge on any atom is -0.779 e. The summed E-state index contributed by atoms with van der Waals surface area (Å²) >= 11 is 0. The first-order valence-corrected chi connectivity index (χ1v) is 18.2. The monoisotopic (exact) mass is 615 g/mol. The van der Waals surface area contributed by atoms with Crippen molar-refractivity contribution in [1.82, 2.24) is 0 Å². The molecule has 0 aliphatic heterocycles. The van der Waals surface area contributed by atoms with Gasteiger partial charge in [0.1, 0.15) is 15.2 Å². The smallest absolute Gasteiger partial charge is 0.779 e. The van der Waals surface area contributed by atoms with Crippen molar-refractivity contribution in [3.8, 4) is 0 Å². The average Bonchev–Trinajstić information content (AvgIpc) is 2.66. The summed E-state index contributed by atoms with van der Waals surface area (Å²) in [4.78, 5) is 46.6. The summed E-state index contributed by atoms with van der Waals surface area (Å²) in [7, 11) is -12.3. The Morgan fingerprint density at radius 2 is 1.00 bits per heavy atom. The first-order valence-electron chi connectivity index (χ1n) is 8.60. The minimum atomic E-state index is -4.03. The number of hydrogen-bond donors (Lipinski definition) is 3. The normalized spacial score (nSPS) is 13.8. The third-order valence-electron chi connectivity index (χ3n) is 2.87. The SMILES string of the molecule is CO[Si](CCCOP(C)(=O)[O-])(OC)OC.CP(=O)([O-])OCCC[Si](O)(O)O.O=[Si]=O.O=[Si]=O.[Na+]. The topological polar surface area (TPSA) is 255 Å². The van der Waals surface area contributed by atoms with Gasteiger partial charge in [-0.15, -0.1) is 0 Å². The second-order valence-corrected chi connectivity index (χ2v) is 14.7. The van der Waals surface area contributed by atoms with Crippen LogP contribution in [0.5, 0.6) is 0 Å². The maximum Gasteiger partial charge on any atom is 1.00 e. The van der Waals surface area contributed by atoms with Gasteiger partial charge in [-0.3, -0.25) is 17.8 Å². The van der Waals surface area contributed by atoms with Crippen LogP contribution in [0.3, 0.4) is 0 Å². The fourth-order valence-corrected chi connectivity index (χ4v) is 4.84. The third kappa shape index (κ3) is 43.2. The van der Waals surface area contributed by atoms with Crippen LogP contribution in [0.15, 0.2) is 0 Å². The minimum absolute atomic E-state index is 0. The van der Waals surface area contributed by atoms with E-state index in [-0.39, 0.29) is 55.2 Å². The summed E-state index contributed by atoms with van der Waals surface area (Å²) < 4.78 is 79.1. The molecule has 198 valence electrons. The Kier molecular flexibility index (Phi) is 34.2. The largest absolute Gasteiger partial charge is 1.00 e. The summed E-state index contributed by atoms with van der Waals surface area (Å²) in [6.07, 6.45) is 0.623. The van der Waals surface area contributed by atoms with E-state index in [1.807, 2.05) is 0 Å². The molecular formula is C11H30NaO16P2Si4-. The van der Waals surface area contributed by atoms with E-state index in [0.29, 0.717) is 12.5 Å². The van der Waals surface area contributed by atoms with Gasteiger partial charge in [-0.1, -0.05) is 0 Å². The average molecular weight is 616 g/mol. The van der Waals surface area contributed by atoms with Crippen LogP contribution in [0.25, 0.3) is 0 Å². The van der Waals surface area contributed by atoms with E-state index in [0.717, 1.165) is 13.3 Å². The molecule has 0 radical (unpaired) electrons. The molecule has 34 heavy (non-hydrogen) atoms. The third-order valence-corrected chi connectivity index (χ3v) is 8.03. The molecule has 23 heteroatoms. The fraction of sp³-hybridized carbons (Fsp3) is 1.00. The standard InChI is InChI=1S/C7H19O6PSi.C4H13O6PSi.Na.2O2Si/c1-10-15(11-2,12-3)7-5-6-13-14(4,8)9;1-11(5,6)10-3-2-4-12(7,8)9;;2*1-3-2/h5-7H2,1-4H3,(H,8,9);7-9H,2-4H2,1H3,(H,5,6);;;/q;;+1;;/p-2. The Hall–Kier alpha value is 1.13. The maximum absolute atomic E-state index is 10.7. The molecule has 0 aliphatic carbocycles. The predicted molar refractivity (Wildman–Crippen MR) is 111 cm³/mol. The molecule has 0 fully saturated rings. The van der Waals surface area contributed by atoms with Crippen molar-refractivity contribution < 1.29 is 103 Å². The van der Waals surface area contributed by atoms with Gasteiger partial charge in [-0.2, -0.15) is 0 Å². The summed E-state index contributed by atoms with van der Waals surface area (Å²) in [6.45, 7) is 1.96. The van der Waals surface area contributed by atoms with Crippen LogP contribution in [-0.4, -0.2) is 98.5 Å². The molecule has 0 aromatic carbocycles. The van der Waals surface area contributed by atoms with E-state index in [4.69, 9.17) is 45.5 Å². The molecule has 0 rings (SSSR count). The summed E-state index contributed by atoms with van der Waals surface area (Å²) in [5.41, 5.74) is 0. The van der Waals surface area contributed by atoms with Gasteiger partial charge in [0.2, 0.25) is 0 Å². The first kappa shape index (κ1) is 45.1. The predicted octanol–water partition coefficient (Wildman–Crippen LogP) is -5.29. The van der Waals surface area contributed by atoms with Crippen LogP contribution in [0.4, 0.5) is 0 Å². The van der Waals surface area contributed by atoms with E-state index in [9.17, 15) is 18.9 Å². The van der Waals surface area contributed by atoms with E-state index in [1.165, 1.54) is 21.3 Å². The van der Waals surface area contributed by atoms with Crippen LogP contribution in [0.2, 0.25) is 12.1 Å². The number of hydrogen-bond acceptors (Lipinski definition) is 16. The van der Waals surface area contributed by atoms with Crippen molar-refractivity contribution in [2.75, 3.05) is 47.9 Å². The van der Waals surface area contributed by atoms with Gasteiger partial charge in [0, 0.05) is 46.7 Å². The Morgan fingerprint density at radius 3 is 1.21 bits per heavy atom. The van der Waals surface area contributed by atoms with Crippen molar-refractivity contribution >= 4 is 51.4 Å². The molecule has 2 unspecified atom stereocenters. The molecule has 3 N–H and O–H groups in total. The van der Waals surface area contributed by atoms with Gasteiger partial charge in [0.25, 0.3) is 0 Å². The van der Waals surface area contributed by atoms with E-state index >= 15 is 0 Å². The first-order chi connectivity index (χ1) is 14.9. The Morgan fingerprint density at radius 1 is 0.735 bits per heavy atom. The van der Waals surface area contributed by atoms with Crippen molar-refractivity contribution in [3.63, 3.8) is 0 Å². The molecule has 0 aromatic heterocycles. The van der Waals surface area contributed by atoms with Crippen molar-refractivity contribution in [1.29, 1.82) is 0 Å². The van der Waals surface area contributed by atoms with Crippen LogP contribution in [0.1, 0.15) is 12.8 Å². The molecule has 2 atom stereocenters. The zero-order chi connectivity index (χ0) is 27.2. The summed E-state index contributed by atoms with van der Waals surface area (Å²) in [6, 6.07) is 0.309. The molecule has 0 amide bonds. The molecule has 0 heterocycles. The Balaban J connectivity index is -0.000000132. The molecule has 0 aromatic rings. The van der Waals surface area contributed by atoms with Crippen molar-refractivity contribution in [2.24, 2.45) is 0 Å². The molecule has 0 saturated heterocycles. The molecule has 16 nitrogen and oxygen atoms in total. The Labute approximate surface area is 226 Å². The fourth-order valence-electron chi connectivity index (χ4n) is 1.61. The van der Waals surface area contributed by atoms with Gasteiger partial charge in [0.15, 0.2) is 0 Å². The summed E-state index contributed by atoms with van der Waals surface area (Å²) in [5.74, 6) is 0. The van der Waals surface area contributed by atoms with Crippen LogP contribution < -0.4 is 39.3 Å². The van der Waals surface area contributed by atoms with E-state index in [1.54, 1.807) is 0 Å². The molecule has 0 aliphatic rings. The van der Waals surface area contributed by atoms with Gasteiger partial charge in [0.05, 0.1) is 13.2 Å². The van der Waals surface area contributed by atoms with E-state index in [2.05, 4.69) is 9.05 Å². The maximum atomic E-state index is 10.7. The second kappa shape index (κ2) is 25.8. The number of rotatable bonds is 13. The molecule has 0 bridgehead atoms. The van der Waals surface area contributed by atoms with Gasteiger partial charge in [-0.05, 0) is 12.8 Å². The molecular weight excluding hydrogens is 585 g/mol. The van der Waals surface area contributed by atoms with Gasteiger partial charge >= 0.3 is 65.8 Å². The van der Waals surface area contributed by atoms with E-state index < -0.39 is 51.4 Å². The second-order valence-electron chi connectivity index (χ2n) is 5.65.